The lowest BCUT2D eigenvalue weighted by Gasteiger charge is -2.04. The minimum Gasteiger partial charge on any atom is -0.451 e. The molecule has 0 unspecified atom stereocenters. The van der Waals surface area contributed by atoms with E-state index in [1.54, 1.807) is 0 Å². The summed E-state index contributed by atoms with van der Waals surface area (Å²) in [6.07, 6.45) is 3.69. The van der Waals surface area contributed by atoms with Crippen LogP contribution in [0.25, 0.3) is 100 Å². The topological polar surface area (TPSA) is 83.4 Å². The molecule has 0 aliphatic heterocycles. The third-order valence-corrected chi connectivity index (χ3v) is 9.70. The lowest BCUT2D eigenvalue weighted by atomic mass is 10.0. The molecule has 0 atom stereocenters. The van der Waals surface area contributed by atoms with E-state index in [0.29, 0.717) is 11.2 Å². The van der Waals surface area contributed by atoms with Crippen molar-refractivity contribution >= 4 is 77.9 Å². The summed E-state index contributed by atoms with van der Waals surface area (Å²) in [6, 6.07) is 33.6. The van der Waals surface area contributed by atoms with Gasteiger partial charge in [0.2, 0.25) is 11.6 Å². The number of rotatable bonds is 2. The molecule has 0 N–H and O–H groups in total. The molecular formula is C38H24N8O. The molecule has 9 heteroatoms. The van der Waals surface area contributed by atoms with E-state index in [-0.39, 0.29) is 0 Å². The molecule has 0 saturated carbocycles. The highest BCUT2D eigenvalue weighted by molar-refractivity contribution is 6.10. The van der Waals surface area contributed by atoms with Gasteiger partial charge in [-0.05, 0) is 71.8 Å². The van der Waals surface area contributed by atoms with Crippen molar-refractivity contribution in [3.63, 3.8) is 0 Å². The fourth-order valence-corrected chi connectivity index (χ4v) is 7.47. The summed E-state index contributed by atoms with van der Waals surface area (Å²) in [7, 11) is 4.13. The van der Waals surface area contributed by atoms with Gasteiger partial charge in [-0.25, -0.2) is 9.97 Å². The lowest BCUT2D eigenvalue weighted by molar-refractivity contribution is 0.669. The van der Waals surface area contributed by atoms with Gasteiger partial charge in [0.05, 0.1) is 44.1 Å². The number of furan rings is 1. The first-order chi connectivity index (χ1) is 23.1. The molecule has 11 aromatic rings. The predicted molar refractivity (Wildman–Crippen MR) is 186 cm³/mol. The van der Waals surface area contributed by atoms with Crippen LogP contribution in [0.4, 0.5) is 0 Å². The SMILES string of the molecule is Cn1c2ccc(-c3ccnc4c3oc3c(-c5ccc6c(c5)n5c7ccccc7nc5n6C)ccnc34)cc2n2c3ccccc3nc12. The van der Waals surface area contributed by atoms with Gasteiger partial charge >= 0.3 is 0 Å². The number of pyridine rings is 2. The fraction of sp³-hybridized carbons (Fsp3) is 0.0526. The van der Waals surface area contributed by atoms with Gasteiger partial charge in [0, 0.05) is 37.6 Å². The van der Waals surface area contributed by atoms with E-state index in [2.05, 4.69) is 105 Å². The summed E-state index contributed by atoms with van der Waals surface area (Å²) < 4.78 is 15.5. The van der Waals surface area contributed by atoms with E-state index < -0.39 is 0 Å². The number of para-hydroxylation sites is 4. The third-order valence-electron chi connectivity index (χ3n) is 9.70. The summed E-state index contributed by atoms with van der Waals surface area (Å²) in [5.41, 5.74) is 15.4. The van der Waals surface area contributed by atoms with Gasteiger partial charge in [-0.1, -0.05) is 36.4 Å². The average Bonchev–Trinajstić information content (AvgIpc) is 3.90. The monoisotopic (exact) mass is 608 g/mol. The highest BCUT2D eigenvalue weighted by atomic mass is 16.3. The number of aromatic nitrogens is 8. The van der Waals surface area contributed by atoms with E-state index in [4.69, 9.17) is 24.4 Å². The Hall–Kier alpha value is -6.48. The number of hydrogen-bond donors (Lipinski definition) is 0. The maximum atomic E-state index is 6.77. The van der Waals surface area contributed by atoms with Crippen LogP contribution in [0, 0.1) is 0 Å². The Balaban J connectivity index is 1.14. The Kier molecular flexibility index (Phi) is 4.54. The molecule has 0 saturated heterocycles. The van der Waals surface area contributed by atoms with Crippen LogP contribution in [0.1, 0.15) is 0 Å². The van der Waals surface area contributed by atoms with Crippen molar-refractivity contribution in [2.75, 3.05) is 0 Å². The van der Waals surface area contributed by atoms with Gasteiger partial charge in [-0.3, -0.25) is 18.8 Å². The van der Waals surface area contributed by atoms with E-state index in [1.165, 1.54) is 0 Å². The summed E-state index contributed by atoms with van der Waals surface area (Å²) in [5.74, 6) is 1.82. The van der Waals surface area contributed by atoms with Crippen LogP contribution in [0.15, 0.2) is 114 Å². The van der Waals surface area contributed by atoms with Crippen LogP contribution < -0.4 is 0 Å². The molecule has 7 aromatic heterocycles. The normalized spacial score (nSPS) is 12.5. The number of benzene rings is 4. The molecule has 47 heavy (non-hydrogen) atoms. The molecule has 4 aromatic carbocycles. The summed E-state index contributed by atoms with van der Waals surface area (Å²) in [6.45, 7) is 0. The molecule has 11 rings (SSSR count). The average molecular weight is 609 g/mol. The molecule has 0 radical (unpaired) electrons. The molecule has 0 aliphatic carbocycles. The summed E-state index contributed by atoms with van der Waals surface area (Å²) >= 11 is 0. The quantitative estimate of drug-likeness (QED) is 0.197. The number of hydrogen-bond acceptors (Lipinski definition) is 5. The second-order valence-corrected chi connectivity index (χ2v) is 12.2. The van der Waals surface area contributed by atoms with Crippen molar-refractivity contribution in [2.45, 2.75) is 0 Å². The first-order valence-electron chi connectivity index (χ1n) is 15.5. The van der Waals surface area contributed by atoms with Gasteiger partial charge in [0.15, 0.2) is 11.2 Å². The molecule has 222 valence electrons. The van der Waals surface area contributed by atoms with Crippen LogP contribution >= 0.6 is 0 Å². The zero-order valence-corrected chi connectivity index (χ0v) is 25.4. The maximum absolute atomic E-state index is 6.77. The van der Waals surface area contributed by atoms with Gasteiger partial charge < -0.3 is 13.6 Å². The van der Waals surface area contributed by atoms with Gasteiger partial charge in [-0.15, -0.1) is 0 Å². The van der Waals surface area contributed by atoms with Crippen molar-refractivity contribution in [1.82, 2.24) is 37.9 Å². The summed E-state index contributed by atoms with van der Waals surface area (Å²) in [4.78, 5) is 19.3. The van der Waals surface area contributed by atoms with Crippen molar-refractivity contribution in [2.24, 2.45) is 14.1 Å². The van der Waals surface area contributed by atoms with Gasteiger partial charge in [-0.2, -0.15) is 0 Å². The van der Waals surface area contributed by atoms with Gasteiger partial charge in [0.1, 0.15) is 11.0 Å². The smallest absolute Gasteiger partial charge is 0.215 e. The standard InChI is InChI=1S/C38H24N8O/c1-43-29-13-11-21(19-31(29)45-27-9-5-3-7-25(27)41-37(43)45)23-15-17-39-33-34-36(47-35(23)33)24(16-18-40-34)22-12-14-30-32(20-22)46-28-10-6-4-8-26(28)42-38(46)44(30)2/h3-20H,1-2H3. The highest BCUT2D eigenvalue weighted by Gasteiger charge is 2.21. The number of fused-ring (bicyclic) bond motifs is 13. The summed E-state index contributed by atoms with van der Waals surface area (Å²) in [5, 5.41) is 0. The zero-order valence-electron chi connectivity index (χ0n) is 25.4. The fourth-order valence-electron chi connectivity index (χ4n) is 7.47. The molecule has 0 fully saturated rings. The Labute approximate surface area is 265 Å². The van der Waals surface area contributed by atoms with Crippen molar-refractivity contribution in [3.05, 3.63) is 109 Å². The van der Waals surface area contributed by atoms with Crippen LogP contribution in [0.2, 0.25) is 0 Å². The third kappa shape index (κ3) is 3.12. The maximum Gasteiger partial charge on any atom is 0.215 e. The van der Waals surface area contributed by atoms with E-state index in [9.17, 15) is 0 Å². The van der Waals surface area contributed by atoms with Crippen LogP contribution in [-0.4, -0.2) is 37.9 Å². The Morgan fingerprint density at radius 3 is 1.45 bits per heavy atom. The Morgan fingerprint density at radius 2 is 0.957 bits per heavy atom. The lowest BCUT2D eigenvalue weighted by Crippen LogP contribution is -1.88. The Bertz CT molecular complexity index is 2900. The van der Waals surface area contributed by atoms with Crippen LogP contribution in [0.3, 0.4) is 0 Å². The minimum atomic E-state index is 0.716. The molecule has 0 aliphatic rings. The minimum absolute atomic E-state index is 0.716. The molecular weight excluding hydrogens is 584 g/mol. The second kappa shape index (κ2) is 8.61. The number of imidazole rings is 4. The first-order valence-corrected chi connectivity index (χ1v) is 15.5. The second-order valence-electron chi connectivity index (χ2n) is 12.2. The van der Waals surface area contributed by atoms with E-state index >= 15 is 0 Å². The predicted octanol–water partition coefficient (Wildman–Crippen LogP) is 8.30. The van der Waals surface area contributed by atoms with Crippen molar-refractivity contribution < 1.29 is 4.42 Å². The van der Waals surface area contributed by atoms with Crippen molar-refractivity contribution in [1.29, 1.82) is 0 Å². The van der Waals surface area contributed by atoms with E-state index in [0.717, 1.165) is 89.0 Å². The highest BCUT2D eigenvalue weighted by Crippen LogP contribution is 2.40. The molecule has 0 spiro atoms. The largest absolute Gasteiger partial charge is 0.451 e. The van der Waals surface area contributed by atoms with Gasteiger partial charge in [0.25, 0.3) is 0 Å². The van der Waals surface area contributed by atoms with E-state index in [1.807, 2.05) is 36.7 Å². The number of nitrogens with zero attached hydrogens (tertiary/aromatic N) is 8. The molecule has 0 bridgehead atoms. The Morgan fingerprint density at radius 1 is 0.489 bits per heavy atom. The first kappa shape index (κ1) is 24.8. The molecule has 0 amide bonds. The zero-order chi connectivity index (χ0) is 31.0. The van der Waals surface area contributed by atoms with Crippen LogP contribution in [0.5, 0.6) is 0 Å². The molecule has 7 heterocycles. The van der Waals surface area contributed by atoms with Crippen molar-refractivity contribution in [3.8, 4) is 22.3 Å². The van der Waals surface area contributed by atoms with Crippen LogP contribution in [-0.2, 0) is 14.1 Å². The molecule has 9 nitrogen and oxygen atoms in total. The number of aryl methyl sites for hydroxylation is 2.